The molecule has 2 nitrogen and oxygen atoms in total. The van der Waals surface area contributed by atoms with Crippen LogP contribution in [0.4, 0.5) is 0 Å². The molecule has 0 aliphatic heterocycles. The average molecular weight is 263 g/mol. The Bertz CT molecular complexity index is 498. The first-order valence-corrected chi connectivity index (χ1v) is 6.06. The van der Waals surface area contributed by atoms with Crippen molar-refractivity contribution in [1.82, 2.24) is 0 Å². The van der Waals surface area contributed by atoms with Crippen LogP contribution in [-0.2, 0) is 6.42 Å². The average Bonchev–Trinajstić information content (AvgIpc) is 2.41. The highest BCUT2D eigenvalue weighted by Gasteiger charge is 2.10. The monoisotopic (exact) mass is 262 g/mol. The van der Waals surface area contributed by atoms with E-state index in [1.165, 1.54) is 5.56 Å². The van der Waals surface area contributed by atoms with Crippen LogP contribution in [0.2, 0.25) is 5.02 Å². The van der Waals surface area contributed by atoms with E-state index in [2.05, 4.69) is 0 Å². The van der Waals surface area contributed by atoms with Gasteiger partial charge < -0.3 is 9.47 Å². The van der Waals surface area contributed by atoms with Crippen molar-refractivity contribution in [1.29, 1.82) is 0 Å². The smallest absolute Gasteiger partial charge is 0.126 e. The van der Waals surface area contributed by atoms with Crippen molar-refractivity contribution in [2.24, 2.45) is 0 Å². The fraction of sp³-hybridized carbons (Fsp3) is 0.200. The number of ether oxygens (including phenoxy) is 2. The van der Waals surface area contributed by atoms with Gasteiger partial charge in [-0.3, -0.25) is 0 Å². The van der Waals surface area contributed by atoms with Crippen molar-refractivity contribution in [3.63, 3.8) is 0 Å². The summed E-state index contributed by atoms with van der Waals surface area (Å²) in [6, 6.07) is 13.6. The number of hydrogen-bond donors (Lipinski definition) is 0. The Labute approximate surface area is 112 Å². The zero-order chi connectivity index (χ0) is 13.0. The molecule has 2 aromatic rings. The predicted molar refractivity (Wildman–Crippen MR) is 73.8 cm³/mol. The Morgan fingerprint density at radius 1 is 0.889 bits per heavy atom. The molecule has 0 amide bonds. The Kier molecular flexibility index (Phi) is 4.11. The summed E-state index contributed by atoms with van der Waals surface area (Å²) in [6.45, 7) is 0. The predicted octanol–water partition coefficient (Wildman–Crippen LogP) is 3.95. The first kappa shape index (κ1) is 12.8. The van der Waals surface area contributed by atoms with Crippen LogP contribution in [0.5, 0.6) is 11.5 Å². The van der Waals surface area contributed by atoms with Crippen molar-refractivity contribution < 1.29 is 9.47 Å². The van der Waals surface area contributed by atoms with Gasteiger partial charge in [-0.05, 0) is 29.8 Å². The molecule has 0 unspecified atom stereocenters. The van der Waals surface area contributed by atoms with Crippen molar-refractivity contribution in [3.8, 4) is 11.5 Å². The maximum Gasteiger partial charge on any atom is 0.126 e. The van der Waals surface area contributed by atoms with Gasteiger partial charge in [0.15, 0.2) is 0 Å². The van der Waals surface area contributed by atoms with Gasteiger partial charge in [0.1, 0.15) is 11.5 Å². The lowest BCUT2D eigenvalue weighted by atomic mass is 10.0. The maximum absolute atomic E-state index is 5.88. The van der Waals surface area contributed by atoms with Gasteiger partial charge in [-0.2, -0.15) is 0 Å². The number of hydrogen-bond acceptors (Lipinski definition) is 2. The minimum absolute atomic E-state index is 0.741. The lowest BCUT2D eigenvalue weighted by Crippen LogP contribution is -1.97. The first-order chi connectivity index (χ1) is 8.74. The van der Waals surface area contributed by atoms with Crippen LogP contribution < -0.4 is 9.47 Å². The molecular formula is C15H15ClO2. The van der Waals surface area contributed by atoms with Gasteiger partial charge >= 0.3 is 0 Å². The summed E-state index contributed by atoms with van der Waals surface area (Å²) in [4.78, 5) is 0. The Hall–Kier alpha value is -1.67. The lowest BCUT2D eigenvalue weighted by molar-refractivity contribution is 0.387. The third-order valence-corrected chi connectivity index (χ3v) is 3.08. The second-order valence-electron chi connectivity index (χ2n) is 3.94. The number of methoxy groups -OCH3 is 2. The zero-order valence-corrected chi connectivity index (χ0v) is 11.2. The van der Waals surface area contributed by atoms with Gasteiger partial charge in [0.05, 0.1) is 14.2 Å². The van der Waals surface area contributed by atoms with Gasteiger partial charge in [-0.25, -0.2) is 0 Å². The van der Waals surface area contributed by atoms with E-state index in [0.717, 1.165) is 28.5 Å². The molecule has 3 heteroatoms. The van der Waals surface area contributed by atoms with Gasteiger partial charge in [0, 0.05) is 17.0 Å². The molecular weight excluding hydrogens is 248 g/mol. The molecule has 0 saturated heterocycles. The van der Waals surface area contributed by atoms with E-state index in [1.807, 2.05) is 42.5 Å². The lowest BCUT2D eigenvalue weighted by Gasteiger charge is -2.13. The van der Waals surface area contributed by atoms with Crippen LogP contribution in [-0.4, -0.2) is 14.2 Å². The van der Waals surface area contributed by atoms with Gasteiger partial charge in [0.2, 0.25) is 0 Å². The highest BCUT2D eigenvalue weighted by Crippen LogP contribution is 2.30. The summed E-state index contributed by atoms with van der Waals surface area (Å²) < 4.78 is 10.8. The Morgan fingerprint density at radius 2 is 1.44 bits per heavy atom. The van der Waals surface area contributed by atoms with Crippen LogP contribution in [0.25, 0.3) is 0 Å². The molecule has 0 aliphatic rings. The second kappa shape index (κ2) is 5.78. The molecule has 0 bridgehead atoms. The van der Waals surface area contributed by atoms with Crippen molar-refractivity contribution in [2.45, 2.75) is 6.42 Å². The molecule has 0 atom stereocenters. The molecule has 0 fully saturated rings. The van der Waals surface area contributed by atoms with E-state index in [-0.39, 0.29) is 0 Å². The number of benzene rings is 2. The summed E-state index contributed by atoms with van der Waals surface area (Å²) in [5.41, 5.74) is 2.21. The van der Waals surface area contributed by atoms with Gasteiger partial charge in [-0.15, -0.1) is 0 Å². The molecule has 0 saturated carbocycles. The first-order valence-electron chi connectivity index (χ1n) is 5.69. The molecule has 94 valence electrons. The van der Waals surface area contributed by atoms with Crippen LogP contribution in [0.15, 0.2) is 42.5 Å². The van der Waals surface area contributed by atoms with Crippen LogP contribution in [0, 0.1) is 0 Å². The van der Waals surface area contributed by atoms with Crippen molar-refractivity contribution in [3.05, 3.63) is 58.6 Å². The third-order valence-electron chi connectivity index (χ3n) is 2.82. The number of halogens is 1. The van der Waals surface area contributed by atoms with E-state index in [1.54, 1.807) is 14.2 Å². The highest BCUT2D eigenvalue weighted by molar-refractivity contribution is 6.30. The molecule has 0 spiro atoms. The molecule has 0 aliphatic carbocycles. The van der Waals surface area contributed by atoms with Gasteiger partial charge in [0.25, 0.3) is 0 Å². The Balaban J connectivity index is 2.35. The zero-order valence-electron chi connectivity index (χ0n) is 10.4. The Morgan fingerprint density at radius 3 is 1.94 bits per heavy atom. The second-order valence-corrected chi connectivity index (χ2v) is 4.38. The largest absolute Gasteiger partial charge is 0.496 e. The summed E-state index contributed by atoms with van der Waals surface area (Å²) in [5, 5.41) is 0.741. The minimum atomic E-state index is 0.741. The van der Waals surface area contributed by atoms with E-state index in [0.29, 0.717) is 0 Å². The topological polar surface area (TPSA) is 18.5 Å². The van der Waals surface area contributed by atoms with Crippen molar-refractivity contribution >= 4 is 11.6 Å². The summed E-state index contributed by atoms with van der Waals surface area (Å²) in [5.74, 6) is 1.67. The maximum atomic E-state index is 5.88. The molecule has 0 aromatic heterocycles. The van der Waals surface area contributed by atoms with Gasteiger partial charge in [-0.1, -0.05) is 29.8 Å². The number of rotatable bonds is 4. The quantitative estimate of drug-likeness (QED) is 0.831. The standard InChI is InChI=1S/C15H15ClO2/c1-17-14-4-3-5-15(18-2)13(14)10-11-6-8-12(16)9-7-11/h3-9H,10H2,1-2H3. The molecule has 2 rings (SSSR count). The minimum Gasteiger partial charge on any atom is -0.496 e. The van der Waals surface area contributed by atoms with E-state index in [9.17, 15) is 0 Å². The molecule has 2 aromatic carbocycles. The third kappa shape index (κ3) is 2.77. The fourth-order valence-corrected chi connectivity index (χ4v) is 2.03. The van der Waals surface area contributed by atoms with Crippen molar-refractivity contribution in [2.75, 3.05) is 14.2 Å². The van der Waals surface area contributed by atoms with Crippen LogP contribution >= 0.6 is 11.6 Å². The van der Waals surface area contributed by atoms with Crippen LogP contribution in [0.1, 0.15) is 11.1 Å². The molecule has 0 N–H and O–H groups in total. The highest BCUT2D eigenvalue weighted by atomic mass is 35.5. The molecule has 0 heterocycles. The normalized spacial score (nSPS) is 10.2. The summed E-state index contributed by atoms with van der Waals surface area (Å²) in [7, 11) is 3.33. The van der Waals surface area contributed by atoms with Crippen LogP contribution in [0.3, 0.4) is 0 Å². The van der Waals surface area contributed by atoms with E-state index >= 15 is 0 Å². The summed E-state index contributed by atoms with van der Waals surface area (Å²) >= 11 is 5.88. The molecule has 18 heavy (non-hydrogen) atoms. The SMILES string of the molecule is COc1cccc(OC)c1Cc1ccc(Cl)cc1. The fourth-order valence-electron chi connectivity index (χ4n) is 1.91. The summed E-state index contributed by atoms with van der Waals surface area (Å²) in [6.07, 6.45) is 0.754. The van der Waals surface area contributed by atoms with E-state index in [4.69, 9.17) is 21.1 Å². The molecule has 0 radical (unpaired) electrons. The van der Waals surface area contributed by atoms with E-state index < -0.39 is 0 Å².